The van der Waals surface area contributed by atoms with Crippen LogP contribution in [0.1, 0.15) is 25.3 Å². The van der Waals surface area contributed by atoms with Gasteiger partial charge < -0.3 is 18.6 Å². The second kappa shape index (κ2) is 13.8. The standard InChI is InChI=1S/C56H41N3O/c1-2-3-16-37-25-29-50-49(31-37)55-51(58(42-21-12-6-13-22-42)43-23-14-7-15-24-43)30-28-46-47-32-39-35-53-48(33-38(39)34-52(47)59(50)56(46)55)45-27-26-44(36-54(45)60-53)57(40-17-8-4-9-18-40)41-19-10-5-11-20-41/h4-15,17-36H,2-3,16H2,1H3. The van der Waals surface area contributed by atoms with E-state index >= 15 is 0 Å². The zero-order chi connectivity index (χ0) is 39.7. The number of aromatic nitrogens is 1. The zero-order valence-corrected chi connectivity index (χ0v) is 33.3. The van der Waals surface area contributed by atoms with E-state index in [1.165, 1.54) is 73.0 Å². The van der Waals surface area contributed by atoms with Gasteiger partial charge in [0.2, 0.25) is 0 Å². The number of para-hydroxylation sites is 4. The van der Waals surface area contributed by atoms with Gasteiger partial charge in [-0.1, -0.05) is 98.3 Å². The molecule has 12 rings (SSSR count). The first kappa shape index (κ1) is 34.5. The average molecular weight is 772 g/mol. The van der Waals surface area contributed by atoms with Crippen molar-refractivity contribution in [1.29, 1.82) is 0 Å². The summed E-state index contributed by atoms with van der Waals surface area (Å²) in [4.78, 5) is 4.70. The number of fused-ring (bicyclic) bond motifs is 10. The van der Waals surface area contributed by atoms with E-state index in [1.807, 2.05) is 0 Å². The van der Waals surface area contributed by atoms with Crippen molar-refractivity contribution < 1.29 is 4.42 Å². The molecule has 0 saturated carbocycles. The number of unbranched alkanes of at least 4 members (excludes halogenated alkanes) is 1. The molecule has 4 heteroatoms. The average Bonchev–Trinajstić information content (AvgIpc) is 3.94. The molecule has 9 aromatic carbocycles. The highest BCUT2D eigenvalue weighted by Gasteiger charge is 2.25. The van der Waals surface area contributed by atoms with Gasteiger partial charge in [-0.3, -0.25) is 0 Å². The lowest BCUT2D eigenvalue weighted by molar-refractivity contribution is 0.669. The summed E-state index contributed by atoms with van der Waals surface area (Å²) in [6.45, 7) is 2.27. The van der Waals surface area contributed by atoms with Gasteiger partial charge in [0, 0.05) is 66.8 Å². The van der Waals surface area contributed by atoms with Crippen molar-refractivity contribution in [3.8, 4) is 0 Å². The summed E-state index contributed by atoms with van der Waals surface area (Å²) < 4.78 is 9.26. The Bertz CT molecular complexity index is 3440. The molecule has 0 aliphatic rings. The predicted molar refractivity (Wildman–Crippen MR) is 254 cm³/mol. The summed E-state index contributed by atoms with van der Waals surface area (Å²) in [5.41, 5.74) is 13.6. The number of furan rings is 1. The number of aryl methyl sites for hydroxylation is 1. The van der Waals surface area contributed by atoms with E-state index in [-0.39, 0.29) is 0 Å². The van der Waals surface area contributed by atoms with Gasteiger partial charge in [-0.15, -0.1) is 0 Å². The fourth-order valence-corrected chi connectivity index (χ4v) is 9.64. The van der Waals surface area contributed by atoms with Crippen molar-refractivity contribution in [3.63, 3.8) is 0 Å². The van der Waals surface area contributed by atoms with Gasteiger partial charge in [0.25, 0.3) is 0 Å². The lowest BCUT2D eigenvalue weighted by atomic mass is 10.00. The van der Waals surface area contributed by atoms with E-state index in [0.29, 0.717) is 0 Å². The largest absolute Gasteiger partial charge is 0.456 e. The number of anilines is 6. The second-order valence-corrected chi connectivity index (χ2v) is 16.0. The smallest absolute Gasteiger partial charge is 0.137 e. The minimum atomic E-state index is 0.874. The van der Waals surface area contributed by atoms with Gasteiger partial charge in [-0.2, -0.15) is 0 Å². The van der Waals surface area contributed by atoms with Crippen LogP contribution >= 0.6 is 0 Å². The number of nitrogens with zero attached hydrogens (tertiary/aromatic N) is 3. The molecule has 0 amide bonds. The maximum atomic E-state index is 6.73. The van der Waals surface area contributed by atoms with Crippen molar-refractivity contribution in [2.45, 2.75) is 26.2 Å². The molecule has 0 aliphatic carbocycles. The van der Waals surface area contributed by atoms with Crippen LogP contribution in [-0.4, -0.2) is 4.40 Å². The van der Waals surface area contributed by atoms with Gasteiger partial charge in [0.1, 0.15) is 11.2 Å². The lowest BCUT2D eigenvalue weighted by Gasteiger charge is -2.26. The first-order valence-electron chi connectivity index (χ1n) is 21.1. The summed E-state index contributed by atoms with van der Waals surface area (Å²) in [5.74, 6) is 0. The normalized spacial score (nSPS) is 11.9. The van der Waals surface area contributed by atoms with Gasteiger partial charge in [0.05, 0.1) is 22.2 Å². The van der Waals surface area contributed by atoms with Crippen LogP contribution in [0.15, 0.2) is 199 Å². The molecule has 0 bridgehead atoms. The molecule has 3 heterocycles. The predicted octanol–water partition coefficient (Wildman–Crippen LogP) is 16.2. The summed E-state index contributed by atoms with van der Waals surface area (Å²) in [6, 6.07) is 70.4. The van der Waals surface area contributed by atoms with Crippen molar-refractivity contribution >= 4 is 105 Å². The monoisotopic (exact) mass is 771 g/mol. The minimum Gasteiger partial charge on any atom is -0.456 e. The Morgan fingerprint density at radius 1 is 0.433 bits per heavy atom. The quantitative estimate of drug-likeness (QED) is 0.146. The zero-order valence-electron chi connectivity index (χ0n) is 33.3. The van der Waals surface area contributed by atoms with E-state index in [2.05, 4.69) is 215 Å². The molecule has 0 saturated heterocycles. The molecule has 286 valence electrons. The summed E-state index contributed by atoms with van der Waals surface area (Å²) in [7, 11) is 0. The van der Waals surface area contributed by atoms with Crippen molar-refractivity contribution in [2.75, 3.05) is 9.80 Å². The van der Waals surface area contributed by atoms with Crippen LogP contribution in [0.3, 0.4) is 0 Å². The van der Waals surface area contributed by atoms with Crippen LogP contribution in [0.25, 0.3) is 70.8 Å². The summed E-state index contributed by atoms with van der Waals surface area (Å²) >= 11 is 0. The third-order valence-corrected chi connectivity index (χ3v) is 12.4. The number of rotatable bonds is 9. The van der Waals surface area contributed by atoms with Crippen molar-refractivity contribution in [1.82, 2.24) is 4.40 Å². The van der Waals surface area contributed by atoms with Gasteiger partial charge in [-0.05, 0) is 132 Å². The molecule has 0 atom stereocenters. The molecular formula is C56H41N3O. The fourth-order valence-electron chi connectivity index (χ4n) is 9.64. The highest BCUT2D eigenvalue weighted by Crippen LogP contribution is 2.48. The molecular weight excluding hydrogens is 731 g/mol. The van der Waals surface area contributed by atoms with E-state index in [0.717, 1.165) is 56.8 Å². The molecule has 3 aromatic heterocycles. The maximum absolute atomic E-state index is 6.73. The van der Waals surface area contributed by atoms with E-state index in [9.17, 15) is 0 Å². The highest BCUT2D eigenvalue weighted by atomic mass is 16.3. The Labute approximate surface area is 348 Å². The molecule has 0 unspecified atom stereocenters. The van der Waals surface area contributed by atoms with Crippen LogP contribution in [0.4, 0.5) is 34.1 Å². The Balaban J connectivity index is 1.08. The topological polar surface area (TPSA) is 24.0 Å². The Morgan fingerprint density at radius 3 is 1.67 bits per heavy atom. The first-order chi connectivity index (χ1) is 29.7. The van der Waals surface area contributed by atoms with Crippen LogP contribution in [0.5, 0.6) is 0 Å². The SMILES string of the molecule is CCCCc1ccc2c(c1)c1c(N(c3ccccc3)c3ccccc3)ccc3c4cc5cc6oc7cc(N(c8ccccc8)c8ccccc8)ccc7c6cc5cc4n2c31. The molecule has 0 N–H and O–H groups in total. The van der Waals surface area contributed by atoms with Gasteiger partial charge in [-0.25, -0.2) is 0 Å². The second-order valence-electron chi connectivity index (χ2n) is 16.0. The molecule has 12 aromatic rings. The fraction of sp³-hybridized carbons (Fsp3) is 0.0714. The third-order valence-electron chi connectivity index (χ3n) is 12.4. The summed E-state index contributed by atoms with van der Waals surface area (Å²) in [5, 5.41) is 9.68. The van der Waals surface area contributed by atoms with Crippen molar-refractivity contribution in [3.05, 3.63) is 200 Å². The first-order valence-corrected chi connectivity index (χ1v) is 21.1. The van der Waals surface area contributed by atoms with Gasteiger partial charge in [0.15, 0.2) is 0 Å². The number of benzene rings is 9. The van der Waals surface area contributed by atoms with E-state index in [4.69, 9.17) is 4.42 Å². The third kappa shape index (κ3) is 5.38. The van der Waals surface area contributed by atoms with Crippen LogP contribution in [0, 0.1) is 0 Å². The highest BCUT2D eigenvalue weighted by molar-refractivity contribution is 6.29. The Morgan fingerprint density at radius 2 is 1.02 bits per heavy atom. The Kier molecular flexibility index (Phi) is 7.92. The van der Waals surface area contributed by atoms with Crippen LogP contribution in [0.2, 0.25) is 0 Å². The lowest BCUT2D eigenvalue weighted by Crippen LogP contribution is -2.10. The summed E-state index contributed by atoms with van der Waals surface area (Å²) in [6.07, 6.45) is 3.42. The van der Waals surface area contributed by atoms with Gasteiger partial charge >= 0.3 is 0 Å². The molecule has 0 radical (unpaired) electrons. The molecule has 60 heavy (non-hydrogen) atoms. The Hall–Kier alpha value is -7.56. The van der Waals surface area contributed by atoms with E-state index in [1.54, 1.807) is 0 Å². The van der Waals surface area contributed by atoms with Crippen LogP contribution < -0.4 is 9.80 Å². The number of hydrogen-bond acceptors (Lipinski definition) is 3. The number of hydrogen-bond donors (Lipinski definition) is 0. The molecule has 0 aliphatic heterocycles. The van der Waals surface area contributed by atoms with Crippen molar-refractivity contribution in [2.24, 2.45) is 0 Å². The molecule has 0 spiro atoms. The van der Waals surface area contributed by atoms with E-state index < -0.39 is 0 Å². The molecule has 4 nitrogen and oxygen atoms in total. The maximum Gasteiger partial charge on any atom is 0.137 e. The van der Waals surface area contributed by atoms with Crippen LogP contribution in [-0.2, 0) is 6.42 Å². The molecule has 0 fully saturated rings. The minimum absolute atomic E-state index is 0.874.